The number of carbonyl (C=O) groups is 1. The molecule has 1 fully saturated rings. The van der Waals surface area contributed by atoms with Crippen molar-refractivity contribution in [3.63, 3.8) is 0 Å². The highest BCUT2D eigenvalue weighted by atomic mass is 19.1. The Labute approximate surface area is 110 Å². The van der Waals surface area contributed by atoms with Crippen molar-refractivity contribution < 1.29 is 18.7 Å². The Hall–Kier alpha value is -1.63. The molecule has 2 heterocycles. The minimum atomic E-state index is -0.590. The van der Waals surface area contributed by atoms with Gasteiger partial charge in [0.05, 0.1) is 19.8 Å². The van der Waals surface area contributed by atoms with Crippen molar-refractivity contribution in [3.05, 3.63) is 11.3 Å². The summed E-state index contributed by atoms with van der Waals surface area (Å²) >= 11 is 0. The number of anilines is 1. The predicted molar refractivity (Wildman–Crippen MR) is 66.7 cm³/mol. The second-order valence-electron chi connectivity index (χ2n) is 4.43. The molecule has 7 heteroatoms. The fraction of sp³-hybridized carbons (Fsp3) is 0.667. The third kappa shape index (κ3) is 2.70. The molecular weight excluding hydrogens is 253 g/mol. The molecule has 1 aromatic heterocycles. The van der Waals surface area contributed by atoms with Crippen LogP contribution in [0.4, 0.5) is 10.2 Å². The van der Waals surface area contributed by atoms with Crippen molar-refractivity contribution in [1.29, 1.82) is 0 Å². The summed E-state index contributed by atoms with van der Waals surface area (Å²) in [6.45, 7) is 0.680. The number of nitrogens with zero attached hydrogens (tertiary/aromatic N) is 2. The lowest BCUT2D eigenvalue weighted by Gasteiger charge is -2.23. The number of esters is 1. The highest BCUT2D eigenvalue weighted by Gasteiger charge is 2.26. The van der Waals surface area contributed by atoms with E-state index in [1.54, 1.807) is 4.68 Å². The minimum absolute atomic E-state index is 0.0689. The molecule has 1 aromatic rings. The van der Waals surface area contributed by atoms with Crippen LogP contribution in [0.5, 0.6) is 0 Å². The van der Waals surface area contributed by atoms with Gasteiger partial charge >= 0.3 is 5.97 Å². The summed E-state index contributed by atoms with van der Waals surface area (Å²) in [5.74, 6) is -0.231. The molecule has 19 heavy (non-hydrogen) atoms. The van der Waals surface area contributed by atoms with E-state index in [0.717, 1.165) is 12.8 Å². The lowest BCUT2D eigenvalue weighted by molar-refractivity contribution is 0.0582. The molecule has 0 radical (unpaired) electrons. The zero-order chi connectivity index (χ0) is 13.8. The molecule has 1 saturated heterocycles. The van der Waals surface area contributed by atoms with E-state index < -0.39 is 12.6 Å². The van der Waals surface area contributed by atoms with Crippen LogP contribution in [-0.2, 0) is 15.9 Å². The molecule has 0 saturated carbocycles. The van der Waals surface area contributed by atoms with Gasteiger partial charge in [-0.15, -0.1) is 0 Å². The molecule has 6 nitrogen and oxygen atoms in total. The van der Waals surface area contributed by atoms with E-state index >= 15 is 0 Å². The zero-order valence-corrected chi connectivity index (χ0v) is 10.9. The topological polar surface area (TPSA) is 79.4 Å². The van der Waals surface area contributed by atoms with E-state index in [1.807, 2.05) is 0 Å². The van der Waals surface area contributed by atoms with Crippen LogP contribution in [-0.4, -0.2) is 42.7 Å². The van der Waals surface area contributed by atoms with Gasteiger partial charge < -0.3 is 15.2 Å². The molecular formula is C12H18FN3O3. The lowest BCUT2D eigenvalue weighted by Crippen LogP contribution is -2.22. The summed E-state index contributed by atoms with van der Waals surface area (Å²) in [5.41, 5.74) is 6.55. The number of alkyl halides is 1. The first-order valence-corrected chi connectivity index (χ1v) is 6.28. The standard InChI is InChI=1S/C12H18FN3O3/c1-18-12(17)10-9(2-5-13)11(14)16(15-10)8-3-6-19-7-4-8/h8H,2-7,14H2,1H3. The normalized spacial score (nSPS) is 16.5. The van der Waals surface area contributed by atoms with Crippen LogP contribution in [0.1, 0.15) is 34.9 Å². The third-order valence-corrected chi connectivity index (χ3v) is 3.31. The summed E-state index contributed by atoms with van der Waals surface area (Å²) in [6, 6.07) is 0.0884. The number of halogens is 1. The summed E-state index contributed by atoms with van der Waals surface area (Å²) < 4.78 is 24.1. The van der Waals surface area contributed by atoms with Crippen LogP contribution in [0, 0.1) is 0 Å². The Morgan fingerprint density at radius 3 is 2.84 bits per heavy atom. The number of rotatable bonds is 4. The van der Waals surface area contributed by atoms with Gasteiger partial charge in [-0.2, -0.15) is 5.10 Å². The van der Waals surface area contributed by atoms with Gasteiger partial charge in [0.15, 0.2) is 5.69 Å². The molecule has 0 aliphatic carbocycles. The van der Waals surface area contributed by atoms with E-state index in [2.05, 4.69) is 9.84 Å². The number of hydrogen-bond donors (Lipinski definition) is 1. The molecule has 0 amide bonds. The van der Waals surface area contributed by atoms with E-state index in [1.165, 1.54) is 7.11 Å². The summed E-state index contributed by atoms with van der Waals surface area (Å²) in [6.07, 6.45) is 1.63. The molecule has 0 spiro atoms. The fourth-order valence-electron chi connectivity index (χ4n) is 2.29. The summed E-state index contributed by atoms with van der Waals surface area (Å²) in [4.78, 5) is 11.7. The number of nitrogens with two attached hydrogens (primary N) is 1. The van der Waals surface area contributed by atoms with Crippen molar-refractivity contribution >= 4 is 11.8 Å². The number of ether oxygens (including phenoxy) is 2. The van der Waals surface area contributed by atoms with Gasteiger partial charge in [0.1, 0.15) is 5.82 Å². The monoisotopic (exact) mass is 271 g/mol. The van der Waals surface area contributed by atoms with Crippen LogP contribution in [0.2, 0.25) is 0 Å². The molecule has 0 bridgehead atoms. The maximum absolute atomic E-state index is 12.6. The van der Waals surface area contributed by atoms with Gasteiger partial charge in [0.25, 0.3) is 0 Å². The van der Waals surface area contributed by atoms with E-state index in [9.17, 15) is 9.18 Å². The Morgan fingerprint density at radius 1 is 1.58 bits per heavy atom. The van der Waals surface area contributed by atoms with Gasteiger partial charge in [0.2, 0.25) is 0 Å². The molecule has 0 atom stereocenters. The quantitative estimate of drug-likeness (QED) is 0.830. The maximum atomic E-state index is 12.6. The number of methoxy groups -OCH3 is 1. The van der Waals surface area contributed by atoms with Gasteiger partial charge in [-0.1, -0.05) is 0 Å². The Balaban J connectivity index is 2.35. The van der Waals surface area contributed by atoms with Crippen molar-refractivity contribution in [2.45, 2.75) is 25.3 Å². The average molecular weight is 271 g/mol. The van der Waals surface area contributed by atoms with E-state index in [4.69, 9.17) is 10.5 Å². The second kappa shape index (κ2) is 6.01. The largest absolute Gasteiger partial charge is 0.464 e. The fourth-order valence-corrected chi connectivity index (χ4v) is 2.29. The average Bonchev–Trinajstić information content (AvgIpc) is 2.77. The second-order valence-corrected chi connectivity index (χ2v) is 4.43. The highest BCUT2D eigenvalue weighted by molar-refractivity contribution is 5.90. The highest BCUT2D eigenvalue weighted by Crippen LogP contribution is 2.27. The first kappa shape index (κ1) is 13.8. The maximum Gasteiger partial charge on any atom is 0.358 e. The SMILES string of the molecule is COC(=O)c1nn(C2CCOCC2)c(N)c1CCF. The smallest absolute Gasteiger partial charge is 0.358 e. The van der Waals surface area contributed by atoms with Crippen molar-refractivity contribution in [2.75, 3.05) is 32.7 Å². The Morgan fingerprint density at radius 2 is 2.26 bits per heavy atom. The molecule has 2 rings (SSSR count). The van der Waals surface area contributed by atoms with Crippen LogP contribution in [0.3, 0.4) is 0 Å². The number of hydrogen-bond acceptors (Lipinski definition) is 5. The van der Waals surface area contributed by atoms with Crippen LogP contribution in [0.25, 0.3) is 0 Å². The number of aromatic nitrogens is 2. The van der Waals surface area contributed by atoms with Crippen LogP contribution < -0.4 is 5.73 Å². The van der Waals surface area contributed by atoms with Crippen LogP contribution >= 0.6 is 0 Å². The minimum Gasteiger partial charge on any atom is -0.464 e. The molecule has 106 valence electrons. The van der Waals surface area contributed by atoms with E-state index in [0.29, 0.717) is 24.6 Å². The predicted octanol–water partition coefficient (Wildman–Crippen LogP) is 1.12. The molecule has 1 aliphatic rings. The molecule has 1 aliphatic heterocycles. The van der Waals surface area contributed by atoms with Crippen molar-refractivity contribution in [3.8, 4) is 0 Å². The molecule has 2 N–H and O–H groups in total. The summed E-state index contributed by atoms with van der Waals surface area (Å²) in [7, 11) is 1.27. The van der Waals surface area contributed by atoms with E-state index in [-0.39, 0.29) is 18.2 Å². The van der Waals surface area contributed by atoms with Crippen LogP contribution in [0.15, 0.2) is 0 Å². The Bertz CT molecular complexity index is 455. The first-order valence-electron chi connectivity index (χ1n) is 6.28. The number of carbonyl (C=O) groups excluding carboxylic acids is 1. The molecule has 0 aromatic carbocycles. The van der Waals surface area contributed by atoms with Crippen molar-refractivity contribution in [1.82, 2.24) is 9.78 Å². The first-order chi connectivity index (χ1) is 9.19. The van der Waals surface area contributed by atoms with Gasteiger partial charge in [-0.05, 0) is 12.8 Å². The lowest BCUT2D eigenvalue weighted by atomic mass is 10.1. The number of nitrogen functional groups attached to an aromatic ring is 1. The Kier molecular flexibility index (Phi) is 4.36. The van der Waals surface area contributed by atoms with Gasteiger partial charge in [-0.25, -0.2) is 9.48 Å². The van der Waals surface area contributed by atoms with Gasteiger partial charge in [-0.3, -0.25) is 4.39 Å². The molecule has 0 unspecified atom stereocenters. The summed E-state index contributed by atoms with van der Waals surface area (Å²) in [5, 5.41) is 4.22. The van der Waals surface area contributed by atoms with Gasteiger partial charge in [0, 0.05) is 25.2 Å². The zero-order valence-electron chi connectivity index (χ0n) is 10.9. The van der Waals surface area contributed by atoms with Crippen molar-refractivity contribution in [2.24, 2.45) is 0 Å². The third-order valence-electron chi connectivity index (χ3n) is 3.31.